The molecule has 0 spiro atoms. The number of hydrogen-bond donors (Lipinski definition) is 1. The summed E-state index contributed by atoms with van der Waals surface area (Å²) in [6.07, 6.45) is -4.93. The second-order valence-electron chi connectivity index (χ2n) is 2.78. The average Bonchev–Trinajstić information content (AvgIpc) is 1.96. The summed E-state index contributed by atoms with van der Waals surface area (Å²) in [4.78, 5) is 14.5. The molecule has 0 fully saturated rings. The van der Waals surface area contributed by atoms with Crippen molar-refractivity contribution in [3.8, 4) is 5.75 Å². The van der Waals surface area contributed by atoms with E-state index >= 15 is 0 Å². The van der Waals surface area contributed by atoms with Gasteiger partial charge in [0.25, 0.3) is 0 Å². The van der Waals surface area contributed by atoms with Crippen LogP contribution in [0.1, 0.15) is 16.1 Å². The van der Waals surface area contributed by atoms with E-state index in [1.165, 1.54) is 29.5 Å². The first-order chi connectivity index (χ1) is 7.20. The minimum Gasteiger partial charge on any atom is -0.477 e. The lowest BCUT2D eigenvalue weighted by molar-refractivity contribution is -0.274. The van der Waals surface area contributed by atoms with Gasteiger partial charge in [-0.05, 0) is 29.5 Å². The van der Waals surface area contributed by atoms with Crippen LogP contribution in [0, 0.1) is 10.6 Å². The van der Waals surface area contributed by atoms with Gasteiger partial charge in [-0.3, -0.25) is 0 Å². The van der Waals surface area contributed by atoms with E-state index in [1.54, 1.807) is 0 Å². The van der Waals surface area contributed by atoms with Crippen LogP contribution in [0.15, 0.2) is 6.07 Å². The molecule has 1 N–H and O–H groups in total. The highest BCUT2D eigenvalue weighted by molar-refractivity contribution is 14.1. The number of aromatic nitrogens is 1. The summed E-state index contributed by atoms with van der Waals surface area (Å²) in [5.74, 6) is -2.27. The summed E-state index contributed by atoms with van der Waals surface area (Å²) in [5.41, 5.74) is -0.350. The van der Waals surface area contributed by atoms with Gasteiger partial charge in [0.05, 0.1) is 0 Å². The first kappa shape index (κ1) is 13.0. The molecule has 0 aliphatic carbocycles. The zero-order chi connectivity index (χ0) is 12.5. The number of aryl methyl sites for hydroxylation is 1. The maximum atomic E-state index is 12.0. The molecule has 0 aliphatic rings. The molecule has 4 nitrogen and oxygen atoms in total. The van der Waals surface area contributed by atoms with Crippen LogP contribution in [0.4, 0.5) is 13.2 Å². The lowest BCUT2D eigenvalue weighted by Gasteiger charge is -2.12. The number of rotatable bonds is 2. The van der Waals surface area contributed by atoms with Gasteiger partial charge in [0.1, 0.15) is 15.0 Å². The molecular weight excluding hydrogens is 342 g/mol. The van der Waals surface area contributed by atoms with Crippen molar-refractivity contribution in [1.82, 2.24) is 4.98 Å². The van der Waals surface area contributed by atoms with Crippen molar-refractivity contribution in [2.24, 2.45) is 0 Å². The SMILES string of the molecule is Cc1cc(OC(F)(F)F)c(C(=O)O)c(I)n1. The van der Waals surface area contributed by atoms with Crippen LogP contribution in [0.25, 0.3) is 0 Å². The van der Waals surface area contributed by atoms with Crippen LogP contribution in [-0.4, -0.2) is 22.4 Å². The molecule has 0 aliphatic heterocycles. The summed E-state index contributed by atoms with van der Waals surface area (Å²) < 4.78 is 39.6. The van der Waals surface area contributed by atoms with Crippen molar-refractivity contribution < 1.29 is 27.8 Å². The van der Waals surface area contributed by atoms with E-state index in [2.05, 4.69) is 9.72 Å². The number of carboxylic acid groups (broad SMARTS) is 1. The van der Waals surface area contributed by atoms with E-state index in [9.17, 15) is 18.0 Å². The molecule has 0 atom stereocenters. The first-order valence-corrected chi connectivity index (χ1v) is 4.95. The van der Waals surface area contributed by atoms with Gasteiger partial charge in [0.15, 0.2) is 0 Å². The second kappa shape index (κ2) is 4.44. The van der Waals surface area contributed by atoms with Gasteiger partial charge < -0.3 is 9.84 Å². The Labute approximate surface area is 102 Å². The molecule has 0 saturated carbocycles. The molecule has 1 aromatic heterocycles. The van der Waals surface area contributed by atoms with E-state index in [1.807, 2.05) is 0 Å². The van der Waals surface area contributed by atoms with E-state index in [-0.39, 0.29) is 9.39 Å². The molecule has 1 heterocycles. The topological polar surface area (TPSA) is 59.4 Å². The van der Waals surface area contributed by atoms with Crippen LogP contribution in [-0.2, 0) is 0 Å². The molecule has 0 radical (unpaired) electrons. The van der Waals surface area contributed by atoms with Crippen molar-refractivity contribution in [2.45, 2.75) is 13.3 Å². The minimum absolute atomic E-state index is 0.0515. The number of ether oxygens (including phenoxy) is 1. The number of carboxylic acids is 1. The Morgan fingerprint density at radius 2 is 2.12 bits per heavy atom. The standard InChI is InChI=1S/C8H5F3INO3/c1-3-2-4(16-8(9,10)11)5(7(14)15)6(12)13-3/h2H,1H3,(H,14,15). The molecule has 0 bridgehead atoms. The smallest absolute Gasteiger partial charge is 0.477 e. The largest absolute Gasteiger partial charge is 0.573 e. The maximum Gasteiger partial charge on any atom is 0.573 e. The predicted octanol–water partition coefficient (Wildman–Crippen LogP) is 2.59. The van der Waals surface area contributed by atoms with Gasteiger partial charge in [0.2, 0.25) is 0 Å². The van der Waals surface area contributed by atoms with Gasteiger partial charge in [0, 0.05) is 11.8 Å². The molecule has 1 rings (SSSR count). The molecule has 0 unspecified atom stereocenters. The Morgan fingerprint density at radius 3 is 2.56 bits per heavy atom. The van der Waals surface area contributed by atoms with Crippen LogP contribution >= 0.6 is 22.6 Å². The molecule has 88 valence electrons. The number of nitrogens with zero attached hydrogens (tertiary/aromatic N) is 1. The Morgan fingerprint density at radius 1 is 1.56 bits per heavy atom. The van der Waals surface area contributed by atoms with Crippen molar-refractivity contribution >= 4 is 28.6 Å². The summed E-state index contributed by atoms with van der Waals surface area (Å²) in [6.45, 7) is 1.44. The molecule has 1 aromatic rings. The highest BCUT2D eigenvalue weighted by Crippen LogP contribution is 2.29. The molecule has 0 amide bonds. The summed E-state index contributed by atoms with van der Waals surface area (Å²) in [6, 6.07) is 0.930. The van der Waals surface area contributed by atoms with E-state index in [0.29, 0.717) is 0 Å². The normalized spacial score (nSPS) is 11.3. The van der Waals surface area contributed by atoms with Crippen molar-refractivity contribution in [2.75, 3.05) is 0 Å². The molecule has 0 saturated heterocycles. The zero-order valence-electron chi connectivity index (χ0n) is 7.80. The highest BCUT2D eigenvalue weighted by atomic mass is 127. The predicted molar refractivity (Wildman–Crippen MR) is 55.3 cm³/mol. The number of carbonyl (C=O) groups is 1. The van der Waals surface area contributed by atoms with E-state index < -0.39 is 23.6 Å². The Balaban J connectivity index is 3.30. The average molecular weight is 347 g/mol. The fourth-order valence-electron chi connectivity index (χ4n) is 1.01. The van der Waals surface area contributed by atoms with E-state index in [0.717, 1.165) is 6.07 Å². The Hall–Kier alpha value is -1.06. The maximum absolute atomic E-state index is 12.0. The number of aromatic carboxylic acids is 1. The molecule has 16 heavy (non-hydrogen) atoms. The number of halogens is 4. The lowest BCUT2D eigenvalue weighted by atomic mass is 10.2. The highest BCUT2D eigenvalue weighted by Gasteiger charge is 2.34. The van der Waals surface area contributed by atoms with Gasteiger partial charge >= 0.3 is 12.3 Å². The first-order valence-electron chi connectivity index (χ1n) is 3.87. The van der Waals surface area contributed by atoms with Gasteiger partial charge in [-0.25, -0.2) is 9.78 Å². The van der Waals surface area contributed by atoms with Crippen LogP contribution in [0.5, 0.6) is 5.75 Å². The Kier molecular flexibility index (Phi) is 3.61. The molecule has 0 aromatic carbocycles. The quantitative estimate of drug-likeness (QED) is 0.660. The van der Waals surface area contributed by atoms with Gasteiger partial charge in [-0.1, -0.05) is 0 Å². The van der Waals surface area contributed by atoms with Crippen molar-refractivity contribution in [3.05, 3.63) is 21.0 Å². The zero-order valence-corrected chi connectivity index (χ0v) is 9.96. The van der Waals surface area contributed by atoms with Gasteiger partial charge in [-0.2, -0.15) is 0 Å². The third-order valence-corrected chi connectivity index (χ3v) is 2.29. The summed E-state index contributed by atoms with van der Waals surface area (Å²) in [7, 11) is 0. The summed E-state index contributed by atoms with van der Waals surface area (Å²) in [5, 5.41) is 8.74. The molecular formula is C8H5F3INO3. The number of alkyl halides is 3. The second-order valence-corrected chi connectivity index (χ2v) is 3.80. The fraction of sp³-hybridized carbons (Fsp3) is 0.250. The van der Waals surface area contributed by atoms with Crippen LogP contribution < -0.4 is 4.74 Å². The van der Waals surface area contributed by atoms with Crippen molar-refractivity contribution in [1.29, 1.82) is 0 Å². The third-order valence-electron chi connectivity index (χ3n) is 1.51. The van der Waals surface area contributed by atoms with Crippen molar-refractivity contribution in [3.63, 3.8) is 0 Å². The van der Waals surface area contributed by atoms with Crippen LogP contribution in [0.3, 0.4) is 0 Å². The number of pyridine rings is 1. The minimum atomic E-state index is -4.93. The fourth-order valence-corrected chi connectivity index (χ4v) is 1.88. The van der Waals surface area contributed by atoms with Crippen LogP contribution in [0.2, 0.25) is 0 Å². The summed E-state index contributed by atoms with van der Waals surface area (Å²) >= 11 is 1.54. The third kappa shape index (κ3) is 3.22. The monoisotopic (exact) mass is 347 g/mol. The van der Waals surface area contributed by atoms with E-state index in [4.69, 9.17) is 5.11 Å². The molecule has 8 heteroatoms. The number of hydrogen-bond acceptors (Lipinski definition) is 3. The van der Waals surface area contributed by atoms with Gasteiger partial charge in [-0.15, -0.1) is 13.2 Å². The Bertz CT molecular complexity index is 433. The lowest BCUT2D eigenvalue weighted by Crippen LogP contribution is -2.20.